The van der Waals surface area contributed by atoms with Gasteiger partial charge in [-0.1, -0.05) is 0 Å². The third-order valence-electron chi connectivity index (χ3n) is 2.00. The predicted molar refractivity (Wildman–Crippen MR) is 45.1 cm³/mol. The molecule has 5 nitrogen and oxygen atoms in total. The van der Waals surface area contributed by atoms with Gasteiger partial charge in [-0.2, -0.15) is 0 Å². The SMILES string of the molecule is CN1C=NCC1C[C@H](N)C(=O)O. The molecule has 0 aromatic carbocycles. The number of rotatable bonds is 3. The molecule has 0 bridgehead atoms. The van der Waals surface area contributed by atoms with Crippen LogP contribution in [-0.2, 0) is 4.79 Å². The molecule has 0 saturated carbocycles. The number of nitrogens with two attached hydrogens (primary N) is 1. The maximum atomic E-state index is 10.4. The molecule has 5 heteroatoms. The minimum Gasteiger partial charge on any atom is -0.480 e. The average Bonchev–Trinajstić information content (AvgIpc) is 2.36. The van der Waals surface area contributed by atoms with Crippen molar-refractivity contribution in [3.63, 3.8) is 0 Å². The summed E-state index contributed by atoms with van der Waals surface area (Å²) in [5.74, 6) is -0.949. The molecule has 0 aliphatic carbocycles. The number of carboxylic acid groups (broad SMARTS) is 1. The average molecular weight is 171 g/mol. The maximum Gasteiger partial charge on any atom is 0.320 e. The molecular weight excluding hydrogens is 158 g/mol. The minimum absolute atomic E-state index is 0.149. The number of hydrogen-bond acceptors (Lipinski definition) is 4. The fourth-order valence-electron chi connectivity index (χ4n) is 1.16. The van der Waals surface area contributed by atoms with Gasteiger partial charge in [0.1, 0.15) is 6.04 Å². The van der Waals surface area contributed by atoms with Crippen LogP contribution in [0.4, 0.5) is 0 Å². The van der Waals surface area contributed by atoms with Crippen LogP contribution in [0, 0.1) is 0 Å². The van der Waals surface area contributed by atoms with Gasteiger partial charge in [-0.25, -0.2) is 0 Å². The first-order chi connectivity index (χ1) is 5.61. The van der Waals surface area contributed by atoms with Crippen LogP contribution in [0.3, 0.4) is 0 Å². The third kappa shape index (κ3) is 1.94. The van der Waals surface area contributed by atoms with Gasteiger partial charge in [0.2, 0.25) is 0 Å². The van der Waals surface area contributed by atoms with Gasteiger partial charge in [-0.3, -0.25) is 9.79 Å². The molecule has 0 saturated heterocycles. The van der Waals surface area contributed by atoms with Crippen LogP contribution in [0.15, 0.2) is 4.99 Å². The predicted octanol–water partition coefficient (Wildman–Crippen LogP) is -0.869. The van der Waals surface area contributed by atoms with Crippen molar-refractivity contribution >= 4 is 12.3 Å². The van der Waals surface area contributed by atoms with E-state index in [0.717, 1.165) is 0 Å². The van der Waals surface area contributed by atoms with Gasteiger partial charge in [-0.05, 0) is 6.42 Å². The Hall–Kier alpha value is -1.10. The van der Waals surface area contributed by atoms with Gasteiger partial charge in [0.15, 0.2) is 0 Å². The van der Waals surface area contributed by atoms with E-state index in [4.69, 9.17) is 10.8 Å². The lowest BCUT2D eigenvalue weighted by molar-refractivity contribution is -0.138. The van der Waals surface area contributed by atoms with Crippen molar-refractivity contribution in [3.05, 3.63) is 0 Å². The van der Waals surface area contributed by atoms with Crippen molar-refractivity contribution in [1.29, 1.82) is 0 Å². The van der Waals surface area contributed by atoms with E-state index in [0.29, 0.717) is 13.0 Å². The summed E-state index contributed by atoms with van der Waals surface area (Å²) in [6.07, 6.45) is 2.16. The molecule has 12 heavy (non-hydrogen) atoms. The van der Waals surface area contributed by atoms with E-state index in [-0.39, 0.29) is 6.04 Å². The van der Waals surface area contributed by atoms with Gasteiger partial charge in [-0.15, -0.1) is 0 Å². The lowest BCUT2D eigenvalue weighted by Gasteiger charge is -2.20. The number of nitrogens with zero attached hydrogens (tertiary/aromatic N) is 2. The molecule has 1 aliphatic rings. The van der Waals surface area contributed by atoms with Crippen molar-refractivity contribution < 1.29 is 9.90 Å². The smallest absolute Gasteiger partial charge is 0.320 e. The summed E-state index contributed by atoms with van der Waals surface area (Å²) in [5, 5.41) is 8.54. The fraction of sp³-hybridized carbons (Fsp3) is 0.714. The molecule has 2 atom stereocenters. The zero-order valence-corrected chi connectivity index (χ0v) is 6.97. The molecule has 1 heterocycles. The van der Waals surface area contributed by atoms with Gasteiger partial charge in [0, 0.05) is 7.05 Å². The standard InChI is InChI=1S/C7H13N3O2/c1-10-4-9-3-5(10)2-6(8)7(11)12/h4-6H,2-3,8H2,1H3,(H,11,12)/t5?,6-/m0/s1. The van der Waals surface area contributed by atoms with Crippen molar-refractivity contribution in [2.75, 3.05) is 13.6 Å². The monoisotopic (exact) mass is 171 g/mol. The zero-order chi connectivity index (χ0) is 9.14. The summed E-state index contributed by atoms with van der Waals surface area (Å²) < 4.78 is 0. The summed E-state index contributed by atoms with van der Waals surface area (Å²) in [7, 11) is 1.87. The number of aliphatic imine (C=N–C) groups is 1. The first-order valence-corrected chi connectivity index (χ1v) is 3.81. The number of aliphatic carboxylic acids is 1. The Balaban J connectivity index is 2.37. The Morgan fingerprint density at radius 3 is 3.08 bits per heavy atom. The number of likely N-dealkylation sites (N-methyl/N-ethyl adjacent to an activating group) is 1. The second kappa shape index (κ2) is 3.53. The molecule has 0 radical (unpaired) electrons. The van der Waals surface area contributed by atoms with Gasteiger partial charge >= 0.3 is 5.97 Å². The highest BCUT2D eigenvalue weighted by atomic mass is 16.4. The Morgan fingerprint density at radius 2 is 2.67 bits per heavy atom. The minimum atomic E-state index is -0.949. The molecule has 68 valence electrons. The molecule has 0 amide bonds. The third-order valence-corrected chi connectivity index (χ3v) is 2.00. The fourth-order valence-corrected chi connectivity index (χ4v) is 1.16. The second-order valence-corrected chi connectivity index (χ2v) is 2.98. The van der Waals surface area contributed by atoms with Gasteiger partial charge < -0.3 is 15.7 Å². The Kier molecular flexibility index (Phi) is 2.65. The quantitative estimate of drug-likeness (QED) is 0.578. The lowest BCUT2D eigenvalue weighted by atomic mass is 10.1. The van der Waals surface area contributed by atoms with E-state index in [2.05, 4.69) is 4.99 Å². The topological polar surface area (TPSA) is 78.9 Å². The van der Waals surface area contributed by atoms with E-state index in [1.165, 1.54) is 0 Å². The highest BCUT2D eigenvalue weighted by Gasteiger charge is 2.22. The number of hydrogen-bond donors (Lipinski definition) is 2. The van der Waals surface area contributed by atoms with E-state index in [1.54, 1.807) is 6.34 Å². The molecule has 0 fully saturated rings. The van der Waals surface area contributed by atoms with E-state index in [9.17, 15) is 4.79 Å². The molecule has 1 unspecified atom stereocenters. The van der Waals surface area contributed by atoms with E-state index < -0.39 is 12.0 Å². The number of carboxylic acids is 1. The van der Waals surface area contributed by atoms with E-state index in [1.807, 2.05) is 11.9 Å². The maximum absolute atomic E-state index is 10.4. The van der Waals surface area contributed by atoms with Crippen LogP contribution in [0.1, 0.15) is 6.42 Å². The van der Waals surface area contributed by atoms with Crippen LogP contribution in [0.5, 0.6) is 0 Å². The Morgan fingerprint density at radius 1 is 2.00 bits per heavy atom. The molecule has 3 N–H and O–H groups in total. The normalized spacial score (nSPS) is 24.5. The molecule has 1 aliphatic heterocycles. The molecule has 0 spiro atoms. The van der Waals surface area contributed by atoms with Gasteiger partial charge in [0.05, 0.1) is 18.9 Å². The van der Waals surface area contributed by atoms with Gasteiger partial charge in [0.25, 0.3) is 0 Å². The van der Waals surface area contributed by atoms with Crippen molar-refractivity contribution in [2.45, 2.75) is 18.5 Å². The highest BCUT2D eigenvalue weighted by Crippen LogP contribution is 2.08. The van der Waals surface area contributed by atoms with Crippen LogP contribution in [-0.4, -0.2) is 48.0 Å². The zero-order valence-electron chi connectivity index (χ0n) is 6.97. The van der Waals surface area contributed by atoms with Crippen LogP contribution in [0.25, 0.3) is 0 Å². The largest absolute Gasteiger partial charge is 0.480 e. The summed E-state index contributed by atoms with van der Waals surface area (Å²) in [4.78, 5) is 16.3. The molecule has 0 aromatic heterocycles. The van der Waals surface area contributed by atoms with E-state index >= 15 is 0 Å². The highest BCUT2D eigenvalue weighted by molar-refractivity contribution is 5.73. The second-order valence-electron chi connectivity index (χ2n) is 2.98. The van der Waals surface area contributed by atoms with Crippen LogP contribution < -0.4 is 5.73 Å². The van der Waals surface area contributed by atoms with Crippen LogP contribution >= 0.6 is 0 Å². The van der Waals surface area contributed by atoms with Crippen molar-refractivity contribution in [1.82, 2.24) is 4.90 Å². The Bertz CT molecular complexity index is 205. The molecule has 1 rings (SSSR count). The first kappa shape index (κ1) is 8.99. The van der Waals surface area contributed by atoms with Crippen molar-refractivity contribution in [2.24, 2.45) is 10.7 Å². The van der Waals surface area contributed by atoms with Crippen LogP contribution in [0.2, 0.25) is 0 Å². The molecular formula is C7H13N3O2. The first-order valence-electron chi connectivity index (χ1n) is 3.81. The van der Waals surface area contributed by atoms with Crippen molar-refractivity contribution in [3.8, 4) is 0 Å². The molecule has 0 aromatic rings. The number of carbonyl (C=O) groups is 1. The summed E-state index contributed by atoms with van der Waals surface area (Å²) in [6.45, 7) is 0.650. The summed E-state index contributed by atoms with van der Waals surface area (Å²) in [5.41, 5.74) is 5.38. The Labute approximate surface area is 70.9 Å². The summed E-state index contributed by atoms with van der Waals surface area (Å²) >= 11 is 0. The summed E-state index contributed by atoms with van der Waals surface area (Å²) in [6, 6.07) is -0.629. The lowest BCUT2D eigenvalue weighted by Crippen LogP contribution is -2.39.